The molecule has 0 radical (unpaired) electrons. The van der Waals surface area contributed by atoms with Crippen LogP contribution in [0, 0.1) is 6.92 Å². The van der Waals surface area contributed by atoms with Crippen LogP contribution < -0.4 is 10.2 Å². The summed E-state index contributed by atoms with van der Waals surface area (Å²) in [4.78, 5) is 20.9. The van der Waals surface area contributed by atoms with Crippen molar-refractivity contribution in [2.24, 2.45) is 0 Å². The van der Waals surface area contributed by atoms with E-state index in [1.165, 1.54) is 4.80 Å². The minimum Gasteiger partial charge on any atom is -0.375 e. The second-order valence-electron chi connectivity index (χ2n) is 10.2. The molecule has 1 saturated heterocycles. The molecule has 4 aromatic rings. The maximum Gasteiger partial charge on any atom is 0.293 e. The predicted molar refractivity (Wildman–Crippen MR) is 135 cm³/mol. The monoisotopic (exact) mass is 489 g/mol. The Labute approximate surface area is 209 Å². The number of aromatic nitrogens is 7. The number of rotatable bonds is 5. The van der Waals surface area contributed by atoms with E-state index in [4.69, 9.17) is 4.74 Å². The van der Waals surface area contributed by atoms with Gasteiger partial charge in [-0.1, -0.05) is 12.1 Å². The van der Waals surface area contributed by atoms with Crippen molar-refractivity contribution in [3.05, 3.63) is 53.7 Å². The van der Waals surface area contributed by atoms with Gasteiger partial charge in [0, 0.05) is 25.2 Å². The zero-order chi connectivity index (χ0) is 25.4. The van der Waals surface area contributed by atoms with Crippen molar-refractivity contribution < 1.29 is 9.53 Å². The molecule has 0 unspecified atom stereocenters. The first kappa shape index (κ1) is 23.9. The molecule has 0 saturated carbocycles. The molecule has 0 spiro atoms. The minimum absolute atomic E-state index is 0.0567. The minimum atomic E-state index is -0.357. The van der Waals surface area contributed by atoms with Gasteiger partial charge in [0.1, 0.15) is 6.33 Å². The molecule has 3 aromatic heterocycles. The Kier molecular flexibility index (Phi) is 6.17. The molecule has 11 heteroatoms. The number of carbonyl (C=O) groups excluding carboxylic acids is 1. The third-order valence-corrected chi connectivity index (χ3v) is 6.27. The van der Waals surface area contributed by atoms with Gasteiger partial charge in [0.2, 0.25) is 0 Å². The number of nitrogens with one attached hydrogen (secondary N) is 1. The van der Waals surface area contributed by atoms with Gasteiger partial charge in [0.25, 0.3) is 11.7 Å². The number of amides is 1. The van der Waals surface area contributed by atoms with Gasteiger partial charge in [-0.25, -0.2) is 9.50 Å². The number of hydrogen-bond donors (Lipinski definition) is 1. The second-order valence-corrected chi connectivity index (χ2v) is 10.2. The zero-order valence-electron chi connectivity index (χ0n) is 21.3. The summed E-state index contributed by atoms with van der Waals surface area (Å²) < 4.78 is 7.56. The Bertz CT molecular complexity index is 1400. The lowest BCUT2D eigenvalue weighted by Gasteiger charge is -2.31. The van der Waals surface area contributed by atoms with E-state index in [9.17, 15) is 4.79 Å². The third-order valence-electron chi connectivity index (χ3n) is 6.27. The zero-order valence-corrected chi connectivity index (χ0v) is 21.3. The molecule has 1 fully saturated rings. The Balaban J connectivity index is 1.33. The number of morpholine rings is 1. The standard InChI is InChI=1S/C25H31N9O2/c1-16-10-18(6-7-19(16)12-26-24(35)23-29-31-34(30-23)25(3,4)5)22-21-11-20(14-33(21)28-15-27-22)32-8-9-36-17(2)13-32/h6-7,10-11,14-15,17H,8-9,12-13H2,1-5H3,(H,26,35)/t17-/m1/s1. The topological polar surface area (TPSA) is 115 Å². The van der Waals surface area contributed by atoms with Crippen LogP contribution in [0.4, 0.5) is 5.69 Å². The number of nitrogens with zero attached hydrogens (tertiary/aromatic N) is 8. The summed E-state index contributed by atoms with van der Waals surface area (Å²) in [6.45, 7) is 12.7. The van der Waals surface area contributed by atoms with Crippen LogP contribution in [0.2, 0.25) is 0 Å². The number of benzene rings is 1. The molecular formula is C25H31N9O2. The second kappa shape index (κ2) is 9.30. The molecule has 1 atom stereocenters. The lowest BCUT2D eigenvalue weighted by atomic mass is 10.0. The highest BCUT2D eigenvalue weighted by molar-refractivity contribution is 5.90. The van der Waals surface area contributed by atoms with Crippen molar-refractivity contribution in [1.29, 1.82) is 0 Å². The van der Waals surface area contributed by atoms with Crippen LogP contribution >= 0.6 is 0 Å². The van der Waals surface area contributed by atoms with E-state index in [0.717, 1.165) is 46.7 Å². The molecule has 0 bridgehead atoms. The number of tetrazole rings is 1. The molecule has 0 aliphatic carbocycles. The molecule has 1 aliphatic rings. The number of aryl methyl sites for hydroxylation is 1. The highest BCUT2D eigenvalue weighted by Gasteiger charge is 2.21. The highest BCUT2D eigenvalue weighted by atomic mass is 16.5. The van der Waals surface area contributed by atoms with Gasteiger partial charge in [0.15, 0.2) is 0 Å². The van der Waals surface area contributed by atoms with E-state index in [2.05, 4.69) is 54.8 Å². The van der Waals surface area contributed by atoms with Crippen molar-refractivity contribution >= 4 is 17.1 Å². The first-order valence-electron chi connectivity index (χ1n) is 12.1. The molecule has 1 amide bonds. The maximum atomic E-state index is 12.5. The molecule has 1 aromatic carbocycles. The lowest BCUT2D eigenvalue weighted by Crippen LogP contribution is -2.40. The van der Waals surface area contributed by atoms with Crippen LogP contribution in [0.5, 0.6) is 0 Å². The predicted octanol–water partition coefficient (Wildman–Crippen LogP) is 2.60. The van der Waals surface area contributed by atoms with Gasteiger partial charge in [-0.2, -0.15) is 9.90 Å². The van der Waals surface area contributed by atoms with Crippen molar-refractivity contribution in [2.75, 3.05) is 24.6 Å². The molecular weight excluding hydrogens is 458 g/mol. The summed E-state index contributed by atoms with van der Waals surface area (Å²) in [6.07, 6.45) is 3.82. The summed E-state index contributed by atoms with van der Waals surface area (Å²) >= 11 is 0. The first-order valence-corrected chi connectivity index (χ1v) is 12.1. The van der Waals surface area contributed by atoms with Gasteiger partial charge in [-0.15, -0.1) is 10.2 Å². The van der Waals surface area contributed by atoms with Crippen LogP contribution in [-0.2, 0) is 16.8 Å². The normalized spacial score (nSPS) is 16.5. The van der Waals surface area contributed by atoms with Crippen molar-refractivity contribution in [2.45, 2.75) is 52.8 Å². The number of hydrogen-bond acceptors (Lipinski definition) is 8. The molecule has 1 aliphatic heterocycles. The van der Waals surface area contributed by atoms with E-state index < -0.39 is 0 Å². The van der Waals surface area contributed by atoms with E-state index >= 15 is 0 Å². The Morgan fingerprint density at radius 1 is 1.25 bits per heavy atom. The summed E-state index contributed by atoms with van der Waals surface area (Å²) in [7, 11) is 0. The van der Waals surface area contributed by atoms with Crippen molar-refractivity contribution in [1.82, 2.24) is 40.1 Å². The fraction of sp³-hybridized carbons (Fsp3) is 0.440. The van der Waals surface area contributed by atoms with Crippen LogP contribution in [0.25, 0.3) is 16.8 Å². The van der Waals surface area contributed by atoms with Gasteiger partial charge >= 0.3 is 0 Å². The quantitative estimate of drug-likeness (QED) is 0.455. The van der Waals surface area contributed by atoms with Gasteiger partial charge < -0.3 is 15.0 Å². The van der Waals surface area contributed by atoms with E-state index in [1.807, 2.05) is 50.5 Å². The van der Waals surface area contributed by atoms with Crippen LogP contribution in [-0.4, -0.2) is 66.5 Å². The molecule has 188 valence electrons. The Morgan fingerprint density at radius 3 is 2.81 bits per heavy atom. The summed E-state index contributed by atoms with van der Waals surface area (Å²) in [6, 6.07) is 8.25. The van der Waals surface area contributed by atoms with Crippen LogP contribution in [0.15, 0.2) is 36.8 Å². The molecule has 36 heavy (non-hydrogen) atoms. The fourth-order valence-electron chi connectivity index (χ4n) is 4.25. The molecule has 11 nitrogen and oxygen atoms in total. The van der Waals surface area contributed by atoms with Gasteiger partial charge in [0.05, 0.1) is 41.3 Å². The summed E-state index contributed by atoms with van der Waals surface area (Å²) in [5.41, 5.74) is 5.61. The van der Waals surface area contributed by atoms with Crippen molar-refractivity contribution in [3.63, 3.8) is 0 Å². The summed E-state index contributed by atoms with van der Waals surface area (Å²) in [5.74, 6) is -0.300. The fourth-order valence-corrected chi connectivity index (χ4v) is 4.25. The number of fused-ring (bicyclic) bond motifs is 1. The van der Waals surface area contributed by atoms with E-state index in [0.29, 0.717) is 13.2 Å². The van der Waals surface area contributed by atoms with E-state index in [1.54, 1.807) is 6.33 Å². The number of anilines is 1. The van der Waals surface area contributed by atoms with Gasteiger partial charge in [-0.05, 0) is 63.1 Å². The van der Waals surface area contributed by atoms with Crippen LogP contribution in [0.1, 0.15) is 49.4 Å². The average Bonchev–Trinajstić information content (AvgIpc) is 3.51. The van der Waals surface area contributed by atoms with Crippen molar-refractivity contribution in [3.8, 4) is 11.3 Å². The lowest BCUT2D eigenvalue weighted by molar-refractivity contribution is 0.0532. The average molecular weight is 490 g/mol. The number of ether oxygens (including phenoxy) is 1. The third kappa shape index (κ3) is 4.78. The Morgan fingerprint density at radius 2 is 2.08 bits per heavy atom. The first-order chi connectivity index (χ1) is 17.2. The van der Waals surface area contributed by atoms with E-state index in [-0.39, 0.29) is 23.4 Å². The number of carbonyl (C=O) groups is 1. The maximum absolute atomic E-state index is 12.5. The SMILES string of the molecule is Cc1cc(-c2ncnn3cc(N4CCO[C@H](C)C4)cc23)ccc1CNC(=O)c1nnn(C(C)(C)C)n1. The molecule has 5 rings (SSSR count). The Hall–Kier alpha value is -3.86. The van der Waals surface area contributed by atoms with Gasteiger partial charge in [-0.3, -0.25) is 4.79 Å². The molecule has 4 heterocycles. The smallest absolute Gasteiger partial charge is 0.293 e. The molecule has 1 N–H and O–H groups in total. The highest BCUT2D eigenvalue weighted by Crippen LogP contribution is 2.29. The van der Waals surface area contributed by atoms with Crippen LogP contribution in [0.3, 0.4) is 0 Å². The summed E-state index contributed by atoms with van der Waals surface area (Å²) in [5, 5.41) is 19.4. The largest absolute Gasteiger partial charge is 0.375 e.